The second-order valence-corrected chi connectivity index (χ2v) is 7.06. The van der Waals surface area contributed by atoms with Crippen LogP contribution in [0.4, 0.5) is 0 Å². The fourth-order valence-corrected chi connectivity index (χ4v) is 3.80. The first-order valence-electron chi connectivity index (χ1n) is 9.20. The molecule has 2 fully saturated rings. The van der Waals surface area contributed by atoms with Gasteiger partial charge in [-0.1, -0.05) is 0 Å². The van der Waals surface area contributed by atoms with Gasteiger partial charge in [-0.3, -0.25) is 14.3 Å². The normalized spacial score (nSPS) is 22.4. The number of hydrogen-bond donors (Lipinski definition) is 0. The molecule has 1 aromatic heterocycles. The molecule has 0 aromatic carbocycles. The molecule has 0 spiro atoms. The lowest BCUT2D eigenvalue weighted by Gasteiger charge is -2.37. The summed E-state index contributed by atoms with van der Waals surface area (Å²) in [7, 11) is 1.63. The quantitative estimate of drug-likeness (QED) is 0.769. The first-order chi connectivity index (χ1) is 12.2. The number of rotatable bonds is 6. The Labute approximate surface area is 148 Å². The van der Waals surface area contributed by atoms with Crippen LogP contribution >= 0.6 is 0 Å². The molecule has 0 N–H and O–H groups in total. The Morgan fingerprint density at radius 1 is 1.32 bits per heavy atom. The summed E-state index contributed by atoms with van der Waals surface area (Å²) >= 11 is 0. The number of piperidine rings is 2. The molecule has 25 heavy (non-hydrogen) atoms. The molecule has 1 atom stereocenters. The van der Waals surface area contributed by atoms with E-state index in [-0.39, 0.29) is 17.7 Å². The molecule has 2 aliphatic rings. The van der Waals surface area contributed by atoms with E-state index in [0.29, 0.717) is 38.5 Å². The number of amides is 2. The molecule has 2 amide bonds. The number of likely N-dealkylation sites (tertiary alicyclic amines) is 2. The molecule has 7 heteroatoms. The van der Waals surface area contributed by atoms with Crippen molar-refractivity contribution in [2.24, 2.45) is 11.8 Å². The smallest absolute Gasteiger partial charge is 0.227 e. The summed E-state index contributed by atoms with van der Waals surface area (Å²) in [4.78, 5) is 28.6. The third-order valence-corrected chi connectivity index (χ3v) is 5.35. The Balaban J connectivity index is 1.47. The van der Waals surface area contributed by atoms with E-state index in [0.717, 1.165) is 32.5 Å². The lowest BCUT2D eigenvalue weighted by molar-refractivity contribution is -0.144. The average molecular weight is 348 g/mol. The Hall–Kier alpha value is -1.89. The van der Waals surface area contributed by atoms with Gasteiger partial charge in [-0.15, -0.1) is 0 Å². The van der Waals surface area contributed by atoms with Crippen molar-refractivity contribution < 1.29 is 14.3 Å². The monoisotopic (exact) mass is 348 g/mol. The van der Waals surface area contributed by atoms with Crippen molar-refractivity contribution in [1.82, 2.24) is 19.6 Å². The van der Waals surface area contributed by atoms with Gasteiger partial charge in [0, 0.05) is 58.6 Å². The van der Waals surface area contributed by atoms with Crippen LogP contribution in [0.5, 0.6) is 0 Å². The molecule has 0 aliphatic carbocycles. The molecule has 1 aromatic rings. The van der Waals surface area contributed by atoms with E-state index < -0.39 is 0 Å². The fourth-order valence-electron chi connectivity index (χ4n) is 3.80. The zero-order chi connectivity index (χ0) is 17.6. The zero-order valence-corrected chi connectivity index (χ0v) is 15.0. The van der Waals surface area contributed by atoms with Gasteiger partial charge in [0.25, 0.3) is 0 Å². The predicted molar refractivity (Wildman–Crippen MR) is 92.7 cm³/mol. The molecular weight excluding hydrogens is 320 g/mol. The van der Waals surface area contributed by atoms with Crippen LogP contribution in [0.2, 0.25) is 0 Å². The van der Waals surface area contributed by atoms with E-state index in [1.807, 2.05) is 21.8 Å². The minimum absolute atomic E-state index is 0.0581. The summed E-state index contributed by atoms with van der Waals surface area (Å²) < 4.78 is 7.04. The van der Waals surface area contributed by atoms with Crippen molar-refractivity contribution in [2.45, 2.75) is 32.2 Å². The number of hydrogen-bond acceptors (Lipinski definition) is 4. The fraction of sp³-hybridized carbons (Fsp3) is 0.722. The van der Waals surface area contributed by atoms with Gasteiger partial charge in [0.1, 0.15) is 0 Å². The van der Waals surface area contributed by atoms with Crippen LogP contribution in [0.25, 0.3) is 0 Å². The van der Waals surface area contributed by atoms with E-state index in [2.05, 4.69) is 5.10 Å². The molecule has 0 bridgehead atoms. The standard InChI is InChI=1S/C18H28N4O3/c1-25-12-11-21-14-16(3-4-17(21)23)18(24)20-9-5-15(6-10-20)13-22-8-2-7-19-22/h2,7-8,15-16H,3-6,9-14H2,1H3/t16-/m1/s1. The zero-order valence-electron chi connectivity index (χ0n) is 15.0. The number of carbonyl (C=O) groups excluding carboxylic acids is 2. The number of ether oxygens (including phenoxy) is 1. The summed E-state index contributed by atoms with van der Waals surface area (Å²) in [6.45, 7) is 4.18. The van der Waals surface area contributed by atoms with Gasteiger partial charge >= 0.3 is 0 Å². The van der Waals surface area contributed by atoms with Crippen molar-refractivity contribution in [2.75, 3.05) is 39.9 Å². The second kappa shape index (κ2) is 8.47. The van der Waals surface area contributed by atoms with Crippen LogP contribution < -0.4 is 0 Å². The number of carbonyl (C=O) groups is 2. The molecular formula is C18H28N4O3. The van der Waals surface area contributed by atoms with Crippen LogP contribution in [0, 0.1) is 11.8 Å². The maximum absolute atomic E-state index is 12.8. The van der Waals surface area contributed by atoms with Gasteiger partial charge in [0.05, 0.1) is 12.5 Å². The van der Waals surface area contributed by atoms with E-state index in [1.165, 1.54) is 0 Å². The Morgan fingerprint density at radius 2 is 2.12 bits per heavy atom. The van der Waals surface area contributed by atoms with Crippen LogP contribution in [0.15, 0.2) is 18.5 Å². The van der Waals surface area contributed by atoms with E-state index >= 15 is 0 Å². The predicted octanol–water partition coefficient (Wildman–Crippen LogP) is 1.01. The highest BCUT2D eigenvalue weighted by molar-refractivity contribution is 5.84. The van der Waals surface area contributed by atoms with Crippen LogP contribution in [0.1, 0.15) is 25.7 Å². The van der Waals surface area contributed by atoms with E-state index in [1.54, 1.807) is 18.2 Å². The largest absolute Gasteiger partial charge is 0.383 e. The molecule has 7 nitrogen and oxygen atoms in total. The van der Waals surface area contributed by atoms with Gasteiger partial charge < -0.3 is 14.5 Å². The first-order valence-corrected chi connectivity index (χ1v) is 9.20. The number of methoxy groups -OCH3 is 1. The van der Waals surface area contributed by atoms with E-state index in [9.17, 15) is 9.59 Å². The van der Waals surface area contributed by atoms with Crippen molar-refractivity contribution in [3.05, 3.63) is 18.5 Å². The third-order valence-electron chi connectivity index (χ3n) is 5.35. The molecule has 3 rings (SSSR count). The molecule has 138 valence electrons. The van der Waals surface area contributed by atoms with Crippen LogP contribution in [-0.2, 0) is 20.9 Å². The average Bonchev–Trinajstić information content (AvgIpc) is 3.14. The number of nitrogens with zero attached hydrogens (tertiary/aromatic N) is 4. The molecule has 2 aliphatic heterocycles. The van der Waals surface area contributed by atoms with Crippen LogP contribution in [0.3, 0.4) is 0 Å². The van der Waals surface area contributed by atoms with Crippen molar-refractivity contribution >= 4 is 11.8 Å². The Bertz CT molecular complexity index is 567. The molecule has 0 saturated carbocycles. The molecule has 3 heterocycles. The van der Waals surface area contributed by atoms with Crippen molar-refractivity contribution in [3.63, 3.8) is 0 Å². The van der Waals surface area contributed by atoms with Gasteiger partial charge in [-0.25, -0.2) is 0 Å². The first kappa shape index (κ1) is 17.9. The Kier molecular flexibility index (Phi) is 6.07. The van der Waals surface area contributed by atoms with Gasteiger partial charge in [0.15, 0.2) is 0 Å². The summed E-state index contributed by atoms with van der Waals surface area (Å²) in [6, 6.07) is 1.94. The molecule has 2 saturated heterocycles. The number of aromatic nitrogens is 2. The summed E-state index contributed by atoms with van der Waals surface area (Å²) in [5, 5.41) is 4.27. The highest BCUT2D eigenvalue weighted by Gasteiger charge is 2.34. The lowest BCUT2D eigenvalue weighted by atomic mass is 9.92. The lowest BCUT2D eigenvalue weighted by Crippen LogP contribution is -2.49. The second-order valence-electron chi connectivity index (χ2n) is 7.06. The van der Waals surface area contributed by atoms with Crippen molar-refractivity contribution in [3.8, 4) is 0 Å². The highest BCUT2D eigenvalue weighted by atomic mass is 16.5. The maximum Gasteiger partial charge on any atom is 0.227 e. The maximum atomic E-state index is 12.8. The molecule has 0 radical (unpaired) electrons. The molecule has 0 unspecified atom stereocenters. The third kappa shape index (κ3) is 4.60. The van der Waals surface area contributed by atoms with Gasteiger partial charge in [-0.2, -0.15) is 5.10 Å². The van der Waals surface area contributed by atoms with Gasteiger partial charge in [-0.05, 0) is 31.2 Å². The minimum Gasteiger partial charge on any atom is -0.383 e. The topological polar surface area (TPSA) is 67.7 Å². The Morgan fingerprint density at radius 3 is 2.80 bits per heavy atom. The SMILES string of the molecule is COCCN1C[C@H](C(=O)N2CCC(Cn3cccn3)CC2)CCC1=O. The van der Waals surface area contributed by atoms with E-state index in [4.69, 9.17) is 4.74 Å². The minimum atomic E-state index is -0.0581. The summed E-state index contributed by atoms with van der Waals surface area (Å²) in [5.74, 6) is 0.874. The summed E-state index contributed by atoms with van der Waals surface area (Å²) in [5.41, 5.74) is 0. The highest BCUT2D eigenvalue weighted by Crippen LogP contribution is 2.24. The van der Waals surface area contributed by atoms with Crippen LogP contribution in [-0.4, -0.2) is 71.3 Å². The summed E-state index contributed by atoms with van der Waals surface area (Å²) in [6.07, 6.45) is 6.98. The van der Waals surface area contributed by atoms with Gasteiger partial charge in [0.2, 0.25) is 11.8 Å². The van der Waals surface area contributed by atoms with Crippen molar-refractivity contribution in [1.29, 1.82) is 0 Å².